The molecule has 178 valence electrons. The number of likely N-dealkylation sites (tertiary alicyclic amines) is 2. The molecule has 3 saturated heterocycles. The number of nitrogens with zero attached hydrogens (tertiary/aromatic N) is 2. The first-order valence-electron chi connectivity index (χ1n) is 10.4. The molecule has 3 atom stereocenters. The average molecular weight is 464 g/mol. The summed E-state index contributed by atoms with van der Waals surface area (Å²) >= 11 is 0. The minimum absolute atomic E-state index is 0.0654. The number of alkyl halides is 3. The number of rotatable bonds is 3. The van der Waals surface area contributed by atoms with Gasteiger partial charge in [0, 0.05) is 26.2 Å². The van der Waals surface area contributed by atoms with Crippen LogP contribution < -0.4 is 0 Å². The van der Waals surface area contributed by atoms with Crippen LogP contribution in [0.25, 0.3) is 0 Å². The van der Waals surface area contributed by atoms with Gasteiger partial charge in [0.2, 0.25) is 0 Å². The van der Waals surface area contributed by atoms with Crippen LogP contribution in [0.5, 0.6) is 0 Å². The average Bonchev–Trinajstić information content (AvgIpc) is 3.39. The van der Waals surface area contributed by atoms with E-state index < -0.39 is 23.8 Å². The van der Waals surface area contributed by atoms with Crippen molar-refractivity contribution in [3.05, 3.63) is 35.4 Å². The standard InChI is InChI=1S/C19H24F2N2O2.C2HF3O2/c20-15-4-3-13(9-16(15)21)11-22-8-5-14-10-17(25-18(14)12-22)19(24)23-6-1-2-7-23;3-2(4,5)1(6)7/h3-4,9,14,17-18H,1-2,5-8,10-12H2;(H,6,7)/t14-,17+,18-;/m0./s1. The van der Waals surface area contributed by atoms with E-state index in [0.29, 0.717) is 12.5 Å². The van der Waals surface area contributed by atoms with Gasteiger partial charge in [-0.15, -0.1) is 0 Å². The summed E-state index contributed by atoms with van der Waals surface area (Å²) in [4.78, 5) is 25.6. The van der Waals surface area contributed by atoms with Gasteiger partial charge >= 0.3 is 12.1 Å². The Morgan fingerprint density at radius 1 is 1.09 bits per heavy atom. The van der Waals surface area contributed by atoms with Crippen LogP contribution in [0.2, 0.25) is 0 Å². The SMILES string of the molecule is O=C(O)C(F)(F)F.O=C([C@H]1C[C@@H]2CCN(Cc3ccc(F)c(F)c3)C[C@@H]2O1)N1CCCC1. The predicted molar refractivity (Wildman–Crippen MR) is 103 cm³/mol. The first-order chi connectivity index (χ1) is 15.0. The summed E-state index contributed by atoms with van der Waals surface area (Å²) in [7, 11) is 0. The molecule has 11 heteroatoms. The summed E-state index contributed by atoms with van der Waals surface area (Å²) in [6, 6.07) is 4.06. The normalized spacial score (nSPS) is 25.8. The zero-order chi connectivity index (χ0) is 23.5. The fraction of sp³-hybridized carbons (Fsp3) is 0.619. The van der Waals surface area contributed by atoms with Crippen molar-refractivity contribution in [1.82, 2.24) is 9.80 Å². The molecule has 1 N–H and O–H groups in total. The molecule has 0 aromatic heterocycles. The van der Waals surface area contributed by atoms with Crippen LogP contribution in [0, 0.1) is 17.6 Å². The number of halogens is 5. The minimum atomic E-state index is -5.08. The highest BCUT2D eigenvalue weighted by Crippen LogP contribution is 2.35. The third-order valence-electron chi connectivity index (χ3n) is 5.96. The lowest BCUT2D eigenvalue weighted by atomic mass is 9.91. The van der Waals surface area contributed by atoms with Gasteiger partial charge in [-0.05, 0) is 55.8 Å². The number of piperidine rings is 1. The van der Waals surface area contributed by atoms with E-state index in [4.69, 9.17) is 14.6 Å². The van der Waals surface area contributed by atoms with Crippen LogP contribution in [0.4, 0.5) is 22.0 Å². The summed E-state index contributed by atoms with van der Waals surface area (Å²) in [5, 5.41) is 7.12. The smallest absolute Gasteiger partial charge is 0.475 e. The Bertz CT molecular complexity index is 829. The molecule has 3 aliphatic heterocycles. The third-order valence-corrected chi connectivity index (χ3v) is 5.96. The van der Waals surface area contributed by atoms with Crippen molar-refractivity contribution in [2.75, 3.05) is 26.2 Å². The molecule has 3 fully saturated rings. The largest absolute Gasteiger partial charge is 0.490 e. The predicted octanol–water partition coefficient (Wildman–Crippen LogP) is 3.20. The lowest BCUT2D eigenvalue weighted by Crippen LogP contribution is -2.42. The lowest BCUT2D eigenvalue weighted by Gasteiger charge is -2.34. The van der Waals surface area contributed by atoms with E-state index >= 15 is 0 Å². The molecule has 0 spiro atoms. The van der Waals surface area contributed by atoms with Crippen molar-refractivity contribution >= 4 is 11.9 Å². The maximum Gasteiger partial charge on any atom is 0.490 e. The Morgan fingerprint density at radius 3 is 2.34 bits per heavy atom. The van der Waals surface area contributed by atoms with Crippen molar-refractivity contribution in [1.29, 1.82) is 0 Å². The van der Waals surface area contributed by atoms with Crippen molar-refractivity contribution < 1.29 is 41.4 Å². The van der Waals surface area contributed by atoms with Crippen LogP contribution in [0.3, 0.4) is 0 Å². The number of amides is 1. The van der Waals surface area contributed by atoms with Crippen molar-refractivity contribution in [3.63, 3.8) is 0 Å². The molecule has 3 aliphatic rings. The summed E-state index contributed by atoms with van der Waals surface area (Å²) in [6.45, 7) is 3.93. The number of ether oxygens (including phenoxy) is 1. The number of hydrogen-bond acceptors (Lipinski definition) is 4. The van der Waals surface area contributed by atoms with Gasteiger partial charge in [0.15, 0.2) is 11.6 Å². The maximum absolute atomic E-state index is 13.4. The third kappa shape index (κ3) is 6.16. The highest BCUT2D eigenvalue weighted by molar-refractivity contribution is 5.81. The molecule has 0 unspecified atom stereocenters. The van der Waals surface area contributed by atoms with E-state index in [-0.39, 0.29) is 18.1 Å². The van der Waals surface area contributed by atoms with Gasteiger partial charge in [-0.25, -0.2) is 13.6 Å². The van der Waals surface area contributed by atoms with E-state index in [1.807, 2.05) is 4.90 Å². The number of hydrogen-bond donors (Lipinski definition) is 1. The molecule has 3 heterocycles. The van der Waals surface area contributed by atoms with E-state index in [2.05, 4.69) is 4.90 Å². The number of carbonyl (C=O) groups excluding carboxylic acids is 1. The summed E-state index contributed by atoms with van der Waals surface area (Å²) in [6.07, 6.45) is -1.33. The molecule has 4 rings (SSSR count). The molecule has 0 bridgehead atoms. The molecule has 1 aromatic carbocycles. The van der Waals surface area contributed by atoms with Crippen molar-refractivity contribution in [2.45, 2.75) is 50.6 Å². The Hall–Kier alpha value is -2.27. The number of carbonyl (C=O) groups is 2. The monoisotopic (exact) mass is 464 g/mol. The lowest BCUT2D eigenvalue weighted by molar-refractivity contribution is -0.192. The number of benzene rings is 1. The zero-order valence-corrected chi connectivity index (χ0v) is 17.3. The Labute approximate surface area is 181 Å². The number of fused-ring (bicyclic) bond motifs is 1. The molecule has 1 amide bonds. The number of carboxylic acids is 1. The van der Waals surface area contributed by atoms with Crippen LogP contribution in [0.1, 0.15) is 31.2 Å². The van der Waals surface area contributed by atoms with Crippen molar-refractivity contribution in [3.8, 4) is 0 Å². The van der Waals surface area contributed by atoms with E-state index in [0.717, 1.165) is 57.4 Å². The highest BCUT2D eigenvalue weighted by atomic mass is 19.4. The fourth-order valence-electron chi connectivity index (χ4n) is 4.33. The van der Waals surface area contributed by atoms with E-state index in [9.17, 15) is 26.7 Å². The first kappa shape index (κ1) is 24.4. The summed E-state index contributed by atoms with van der Waals surface area (Å²) < 4.78 is 64.3. The van der Waals surface area contributed by atoms with E-state index in [1.165, 1.54) is 12.1 Å². The van der Waals surface area contributed by atoms with Gasteiger partial charge in [-0.1, -0.05) is 6.07 Å². The van der Waals surface area contributed by atoms with Crippen LogP contribution in [0.15, 0.2) is 18.2 Å². The minimum Gasteiger partial charge on any atom is -0.475 e. The van der Waals surface area contributed by atoms with Crippen molar-refractivity contribution in [2.24, 2.45) is 5.92 Å². The Kier molecular flexibility index (Phi) is 7.71. The molecular formula is C21H25F5N2O4. The maximum atomic E-state index is 13.4. The van der Waals surface area contributed by atoms with Gasteiger partial charge in [0.25, 0.3) is 5.91 Å². The zero-order valence-electron chi connectivity index (χ0n) is 17.3. The molecule has 32 heavy (non-hydrogen) atoms. The fourth-order valence-corrected chi connectivity index (χ4v) is 4.33. The molecule has 0 saturated carbocycles. The molecule has 0 aliphatic carbocycles. The molecule has 6 nitrogen and oxygen atoms in total. The Balaban J connectivity index is 0.000000360. The topological polar surface area (TPSA) is 70.1 Å². The summed E-state index contributed by atoms with van der Waals surface area (Å²) in [5.74, 6) is -3.80. The molecule has 1 aromatic rings. The second kappa shape index (κ2) is 10.1. The second-order valence-electron chi connectivity index (χ2n) is 8.27. The van der Waals surface area contributed by atoms with Gasteiger partial charge in [0.05, 0.1) is 6.10 Å². The second-order valence-corrected chi connectivity index (χ2v) is 8.27. The van der Waals surface area contributed by atoms with Crippen LogP contribution in [-0.2, 0) is 20.9 Å². The number of carboxylic acid groups (broad SMARTS) is 1. The molecular weight excluding hydrogens is 439 g/mol. The quantitative estimate of drug-likeness (QED) is 0.696. The van der Waals surface area contributed by atoms with Gasteiger partial charge in [0.1, 0.15) is 6.10 Å². The molecule has 0 radical (unpaired) electrons. The Morgan fingerprint density at radius 2 is 1.75 bits per heavy atom. The van der Waals surface area contributed by atoms with Crippen LogP contribution >= 0.6 is 0 Å². The first-order valence-corrected chi connectivity index (χ1v) is 10.4. The van der Waals surface area contributed by atoms with Crippen LogP contribution in [-0.4, -0.2) is 71.3 Å². The summed E-state index contributed by atoms with van der Waals surface area (Å²) in [5.41, 5.74) is 0.764. The highest BCUT2D eigenvalue weighted by Gasteiger charge is 2.43. The van der Waals surface area contributed by atoms with Gasteiger partial charge < -0.3 is 14.7 Å². The number of aliphatic carboxylic acids is 1. The van der Waals surface area contributed by atoms with Gasteiger partial charge in [-0.2, -0.15) is 13.2 Å². The van der Waals surface area contributed by atoms with Gasteiger partial charge in [-0.3, -0.25) is 9.69 Å². The van der Waals surface area contributed by atoms with E-state index in [1.54, 1.807) is 6.07 Å².